The van der Waals surface area contributed by atoms with E-state index in [4.69, 9.17) is 5.11 Å². The zero-order valence-electron chi connectivity index (χ0n) is 14.3. The number of aliphatic carboxylic acids is 1. The molecule has 0 unspecified atom stereocenters. The third-order valence-corrected chi connectivity index (χ3v) is 4.22. The van der Waals surface area contributed by atoms with E-state index in [0.29, 0.717) is 0 Å². The van der Waals surface area contributed by atoms with Gasteiger partial charge in [-0.1, -0.05) is 63.3 Å². The Morgan fingerprint density at radius 3 is 2.65 bits per heavy atom. The van der Waals surface area contributed by atoms with Crippen LogP contribution in [0.3, 0.4) is 0 Å². The van der Waals surface area contributed by atoms with Crippen LogP contribution in [-0.4, -0.2) is 16.9 Å². The second kappa shape index (κ2) is 11.9. The van der Waals surface area contributed by atoms with Gasteiger partial charge in [0, 0.05) is 12.3 Å². The largest absolute Gasteiger partial charge is 0.481 e. The van der Waals surface area contributed by atoms with Crippen LogP contribution in [0.2, 0.25) is 0 Å². The molecule has 1 aliphatic rings. The zero-order chi connectivity index (χ0) is 16.9. The SMILES string of the molecule is CCCCCC=CC=C1C=CC(=O)[C@@H]1CCCCCCC(=O)O. The molecule has 0 saturated carbocycles. The van der Waals surface area contributed by atoms with Crippen molar-refractivity contribution in [2.75, 3.05) is 0 Å². The molecular weight excluding hydrogens is 288 g/mol. The smallest absolute Gasteiger partial charge is 0.303 e. The van der Waals surface area contributed by atoms with Gasteiger partial charge in [0.15, 0.2) is 5.78 Å². The first-order valence-electron chi connectivity index (χ1n) is 8.95. The average Bonchev–Trinajstić information content (AvgIpc) is 2.86. The number of carbonyl (C=O) groups excluding carboxylic acids is 1. The molecule has 3 heteroatoms. The zero-order valence-corrected chi connectivity index (χ0v) is 14.3. The number of carboxylic acids is 1. The highest BCUT2D eigenvalue weighted by Gasteiger charge is 2.23. The summed E-state index contributed by atoms with van der Waals surface area (Å²) in [7, 11) is 0. The molecule has 0 fully saturated rings. The summed E-state index contributed by atoms with van der Waals surface area (Å²) in [6.45, 7) is 2.20. The van der Waals surface area contributed by atoms with Crippen molar-refractivity contribution < 1.29 is 14.7 Å². The van der Waals surface area contributed by atoms with Crippen molar-refractivity contribution in [3.8, 4) is 0 Å². The Morgan fingerprint density at radius 2 is 1.91 bits per heavy atom. The Bertz CT molecular complexity index is 458. The molecule has 0 aliphatic heterocycles. The Hall–Kier alpha value is -1.64. The second-order valence-electron chi connectivity index (χ2n) is 6.23. The van der Waals surface area contributed by atoms with Gasteiger partial charge in [0.05, 0.1) is 0 Å². The van der Waals surface area contributed by atoms with Crippen LogP contribution in [-0.2, 0) is 9.59 Å². The van der Waals surface area contributed by atoms with E-state index >= 15 is 0 Å². The summed E-state index contributed by atoms with van der Waals surface area (Å²) >= 11 is 0. The van der Waals surface area contributed by atoms with E-state index in [-0.39, 0.29) is 18.1 Å². The summed E-state index contributed by atoms with van der Waals surface area (Å²) in [6, 6.07) is 0. The molecule has 0 heterocycles. The number of hydrogen-bond donors (Lipinski definition) is 1. The number of carboxylic acid groups (broad SMARTS) is 1. The van der Waals surface area contributed by atoms with Gasteiger partial charge in [-0.3, -0.25) is 9.59 Å². The summed E-state index contributed by atoms with van der Waals surface area (Å²) in [4.78, 5) is 22.4. The van der Waals surface area contributed by atoms with Crippen molar-refractivity contribution in [2.24, 2.45) is 5.92 Å². The van der Waals surface area contributed by atoms with Crippen molar-refractivity contribution in [1.29, 1.82) is 0 Å². The molecule has 1 atom stereocenters. The van der Waals surface area contributed by atoms with Gasteiger partial charge < -0.3 is 5.11 Å². The molecule has 0 radical (unpaired) electrons. The van der Waals surface area contributed by atoms with Gasteiger partial charge in [0.2, 0.25) is 0 Å². The maximum absolute atomic E-state index is 11.9. The van der Waals surface area contributed by atoms with Crippen molar-refractivity contribution in [3.63, 3.8) is 0 Å². The topological polar surface area (TPSA) is 54.4 Å². The van der Waals surface area contributed by atoms with Crippen molar-refractivity contribution in [2.45, 2.75) is 71.1 Å². The van der Waals surface area contributed by atoms with Gasteiger partial charge in [-0.05, 0) is 37.3 Å². The highest BCUT2D eigenvalue weighted by molar-refractivity contribution is 5.98. The fraction of sp³-hybridized carbons (Fsp3) is 0.600. The Balaban J connectivity index is 2.29. The minimum atomic E-state index is -0.726. The van der Waals surface area contributed by atoms with Crippen molar-refractivity contribution >= 4 is 11.8 Å². The Labute approximate surface area is 140 Å². The third-order valence-electron chi connectivity index (χ3n) is 4.22. The lowest BCUT2D eigenvalue weighted by Gasteiger charge is -2.10. The first-order valence-corrected chi connectivity index (χ1v) is 8.95. The van der Waals surface area contributed by atoms with Gasteiger partial charge in [0.25, 0.3) is 0 Å². The first-order chi connectivity index (χ1) is 11.1. The molecular formula is C20H30O3. The number of hydrogen-bond acceptors (Lipinski definition) is 2. The number of carbonyl (C=O) groups is 2. The summed E-state index contributed by atoms with van der Waals surface area (Å²) in [5, 5.41) is 8.60. The molecule has 0 aromatic heterocycles. The van der Waals surface area contributed by atoms with Gasteiger partial charge >= 0.3 is 5.97 Å². The maximum atomic E-state index is 11.9. The molecule has 1 aliphatic carbocycles. The van der Waals surface area contributed by atoms with Crippen LogP contribution in [0, 0.1) is 5.92 Å². The molecule has 0 saturated heterocycles. The summed E-state index contributed by atoms with van der Waals surface area (Å²) in [5.74, 6) is -0.507. The van der Waals surface area contributed by atoms with E-state index in [1.165, 1.54) is 19.3 Å². The van der Waals surface area contributed by atoms with Gasteiger partial charge in [-0.25, -0.2) is 0 Å². The molecule has 1 N–H and O–H groups in total. The van der Waals surface area contributed by atoms with Crippen molar-refractivity contribution in [3.05, 3.63) is 36.0 Å². The predicted molar refractivity (Wildman–Crippen MR) is 94.3 cm³/mol. The standard InChI is InChI=1S/C20H30O3/c1-2-3-4-5-6-9-12-17-15-16-19(21)18(17)13-10-7-8-11-14-20(22)23/h6,9,12,15-16,18H,2-5,7-8,10-11,13-14H2,1H3,(H,22,23)/t18-/m1/s1. The van der Waals surface area contributed by atoms with E-state index in [1.54, 1.807) is 6.08 Å². The van der Waals surface area contributed by atoms with Gasteiger partial charge in [-0.15, -0.1) is 0 Å². The molecule has 0 amide bonds. The van der Waals surface area contributed by atoms with Crippen LogP contribution in [0.1, 0.15) is 71.1 Å². The molecule has 1 rings (SSSR count). The van der Waals surface area contributed by atoms with Crippen LogP contribution < -0.4 is 0 Å². The van der Waals surface area contributed by atoms with Crippen LogP contribution in [0.4, 0.5) is 0 Å². The van der Waals surface area contributed by atoms with E-state index < -0.39 is 5.97 Å². The minimum absolute atomic E-state index is 0.00904. The van der Waals surface area contributed by atoms with Gasteiger partial charge in [-0.2, -0.15) is 0 Å². The predicted octanol–water partition coefficient (Wildman–Crippen LogP) is 5.23. The highest BCUT2D eigenvalue weighted by Crippen LogP contribution is 2.27. The molecule has 0 aromatic carbocycles. The normalized spacial score (nSPS) is 19.3. The highest BCUT2D eigenvalue weighted by atomic mass is 16.4. The van der Waals surface area contributed by atoms with Crippen LogP contribution >= 0.6 is 0 Å². The Kier molecular flexibility index (Phi) is 10.0. The summed E-state index contributed by atoms with van der Waals surface area (Å²) in [5.41, 5.74) is 1.12. The number of ketones is 1. The minimum Gasteiger partial charge on any atom is -0.481 e. The molecule has 0 aromatic rings. The van der Waals surface area contributed by atoms with Gasteiger partial charge in [0.1, 0.15) is 0 Å². The number of unbranched alkanes of at least 4 members (excludes halogenated alkanes) is 6. The number of rotatable bonds is 12. The lowest BCUT2D eigenvalue weighted by Crippen LogP contribution is -2.08. The lowest BCUT2D eigenvalue weighted by atomic mass is 9.93. The monoisotopic (exact) mass is 318 g/mol. The maximum Gasteiger partial charge on any atom is 0.303 e. The van der Waals surface area contributed by atoms with E-state index in [9.17, 15) is 9.59 Å². The van der Waals surface area contributed by atoms with Crippen LogP contribution in [0.15, 0.2) is 36.0 Å². The Morgan fingerprint density at radius 1 is 1.13 bits per heavy atom. The molecule has 0 spiro atoms. The summed E-state index contributed by atoms with van der Waals surface area (Å²) < 4.78 is 0. The van der Waals surface area contributed by atoms with E-state index in [0.717, 1.165) is 44.1 Å². The van der Waals surface area contributed by atoms with Crippen LogP contribution in [0.25, 0.3) is 0 Å². The van der Waals surface area contributed by atoms with E-state index in [2.05, 4.69) is 25.2 Å². The van der Waals surface area contributed by atoms with Crippen LogP contribution in [0.5, 0.6) is 0 Å². The molecule has 0 bridgehead atoms. The fourth-order valence-corrected chi connectivity index (χ4v) is 2.82. The summed E-state index contributed by atoms with van der Waals surface area (Å²) in [6.07, 6.45) is 19.5. The first kappa shape index (κ1) is 19.4. The second-order valence-corrected chi connectivity index (χ2v) is 6.23. The number of allylic oxidation sites excluding steroid dienone is 6. The third kappa shape index (κ3) is 8.53. The average molecular weight is 318 g/mol. The lowest BCUT2D eigenvalue weighted by molar-refractivity contribution is -0.137. The molecule has 23 heavy (non-hydrogen) atoms. The quantitative estimate of drug-likeness (QED) is 0.501. The molecule has 128 valence electrons. The van der Waals surface area contributed by atoms with E-state index in [1.807, 2.05) is 6.08 Å². The fourth-order valence-electron chi connectivity index (χ4n) is 2.82. The molecule has 3 nitrogen and oxygen atoms in total. The van der Waals surface area contributed by atoms with Crippen molar-refractivity contribution in [1.82, 2.24) is 0 Å².